The van der Waals surface area contributed by atoms with Crippen molar-refractivity contribution in [2.24, 2.45) is 0 Å². The fourth-order valence-corrected chi connectivity index (χ4v) is 4.21. The maximum Gasteiger partial charge on any atom is 0.254 e. The first-order valence-electron chi connectivity index (χ1n) is 10.1. The summed E-state index contributed by atoms with van der Waals surface area (Å²) in [6.07, 6.45) is 3.13. The second kappa shape index (κ2) is 7.75. The molecule has 1 aliphatic carbocycles. The van der Waals surface area contributed by atoms with Crippen LogP contribution in [-0.2, 0) is 16.1 Å². The van der Waals surface area contributed by atoms with Gasteiger partial charge in [-0.3, -0.25) is 4.79 Å². The summed E-state index contributed by atoms with van der Waals surface area (Å²) in [6, 6.07) is 18.2. The van der Waals surface area contributed by atoms with Crippen molar-refractivity contribution in [3.8, 4) is 11.4 Å². The van der Waals surface area contributed by atoms with E-state index in [1.807, 2.05) is 54.6 Å². The topological polar surface area (TPSA) is 81.9 Å². The van der Waals surface area contributed by atoms with Crippen LogP contribution in [0.15, 0.2) is 54.6 Å². The SMILES string of the molecule is O=C(NC1CCC(n2nnc(-c3ccccc3)n2)CC1)C1OCc2ccccc21. The molecule has 148 valence electrons. The lowest BCUT2D eigenvalue weighted by molar-refractivity contribution is -0.133. The summed E-state index contributed by atoms with van der Waals surface area (Å²) in [4.78, 5) is 14.4. The van der Waals surface area contributed by atoms with Crippen molar-refractivity contribution in [2.75, 3.05) is 0 Å². The van der Waals surface area contributed by atoms with Crippen LogP contribution in [0.1, 0.15) is 49.0 Å². The Bertz CT molecular complexity index is 995. The van der Waals surface area contributed by atoms with Crippen LogP contribution < -0.4 is 5.32 Å². The molecule has 1 fully saturated rings. The Hall–Kier alpha value is -3.06. The van der Waals surface area contributed by atoms with Crippen molar-refractivity contribution in [3.63, 3.8) is 0 Å². The number of tetrazole rings is 1. The maximum absolute atomic E-state index is 12.7. The van der Waals surface area contributed by atoms with Crippen molar-refractivity contribution < 1.29 is 9.53 Å². The summed E-state index contributed by atoms with van der Waals surface area (Å²) in [7, 11) is 0. The van der Waals surface area contributed by atoms with E-state index in [0.717, 1.165) is 42.4 Å². The highest BCUT2D eigenvalue weighted by Gasteiger charge is 2.32. The standard InChI is InChI=1S/C22H23N5O2/c28-22(20-19-9-5-4-8-16(19)14-29-20)23-17-10-12-18(13-11-17)27-25-21(24-26-27)15-6-2-1-3-7-15/h1-9,17-18,20H,10-14H2,(H,23,28). The molecule has 1 unspecified atom stereocenters. The molecule has 0 spiro atoms. The number of ether oxygens (including phenoxy) is 1. The molecule has 0 radical (unpaired) electrons. The van der Waals surface area contributed by atoms with Crippen LogP contribution in [0.2, 0.25) is 0 Å². The molecule has 2 heterocycles. The van der Waals surface area contributed by atoms with Gasteiger partial charge < -0.3 is 10.1 Å². The number of nitrogens with zero attached hydrogens (tertiary/aromatic N) is 4. The Kier molecular flexibility index (Phi) is 4.81. The molecular formula is C22H23N5O2. The van der Waals surface area contributed by atoms with Gasteiger partial charge >= 0.3 is 0 Å². The number of carbonyl (C=O) groups is 1. The lowest BCUT2D eigenvalue weighted by Gasteiger charge is -2.29. The van der Waals surface area contributed by atoms with Gasteiger partial charge in [0.15, 0.2) is 6.10 Å². The third-order valence-corrected chi connectivity index (χ3v) is 5.81. The number of hydrogen-bond acceptors (Lipinski definition) is 5. The van der Waals surface area contributed by atoms with Crippen molar-refractivity contribution in [3.05, 3.63) is 65.7 Å². The molecule has 0 bridgehead atoms. The summed E-state index contributed by atoms with van der Waals surface area (Å²) < 4.78 is 5.72. The van der Waals surface area contributed by atoms with Crippen molar-refractivity contribution >= 4 is 5.91 Å². The van der Waals surface area contributed by atoms with Crippen molar-refractivity contribution in [2.45, 2.75) is 50.5 Å². The lowest BCUT2D eigenvalue weighted by Crippen LogP contribution is -2.40. The van der Waals surface area contributed by atoms with E-state index in [0.29, 0.717) is 12.4 Å². The molecular weight excluding hydrogens is 366 g/mol. The minimum absolute atomic E-state index is 0.0383. The van der Waals surface area contributed by atoms with E-state index >= 15 is 0 Å². The van der Waals surface area contributed by atoms with Crippen molar-refractivity contribution in [1.82, 2.24) is 25.5 Å². The molecule has 2 aliphatic rings. The van der Waals surface area contributed by atoms with Gasteiger partial charge in [-0.15, -0.1) is 10.2 Å². The van der Waals surface area contributed by atoms with Gasteiger partial charge in [0.1, 0.15) is 0 Å². The van der Waals surface area contributed by atoms with Gasteiger partial charge in [0.2, 0.25) is 5.82 Å². The smallest absolute Gasteiger partial charge is 0.254 e. The lowest BCUT2D eigenvalue weighted by atomic mass is 9.91. The molecule has 7 heteroatoms. The Morgan fingerprint density at radius 2 is 1.76 bits per heavy atom. The summed E-state index contributed by atoms with van der Waals surface area (Å²) in [5.74, 6) is 0.613. The van der Waals surface area contributed by atoms with Gasteiger partial charge in [-0.2, -0.15) is 4.80 Å². The van der Waals surface area contributed by atoms with Gasteiger partial charge in [-0.1, -0.05) is 54.6 Å². The Morgan fingerprint density at radius 1 is 1.00 bits per heavy atom. The zero-order chi connectivity index (χ0) is 19.6. The van der Waals surface area contributed by atoms with Crippen LogP contribution in [0.5, 0.6) is 0 Å². The first-order valence-corrected chi connectivity index (χ1v) is 10.1. The van der Waals surface area contributed by atoms with Gasteiger partial charge in [-0.05, 0) is 42.0 Å². The number of fused-ring (bicyclic) bond motifs is 1. The number of amides is 1. The molecule has 1 atom stereocenters. The largest absolute Gasteiger partial charge is 0.359 e. The van der Waals surface area contributed by atoms with E-state index in [1.54, 1.807) is 4.80 Å². The fourth-order valence-electron chi connectivity index (χ4n) is 4.21. The molecule has 0 saturated heterocycles. The molecule has 7 nitrogen and oxygen atoms in total. The zero-order valence-electron chi connectivity index (χ0n) is 16.1. The van der Waals surface area contributed by atoms with Crippen molar-refractivity contribution in [1.29, 1.82) is 0 Å². The second-order valence-corrected chi connectivity index (χ2v) is 7.70. The molecule has 1 N–H and O–H groups in total. The summed E-state index contributed by atoms with van der Waals surface area (Å²) in [6.45, 7) is 0.503. The first kappa shape index (κ1) is 18.0. The van der Waals surface area contributed by atoms with Gasteiger partial charge in [0, 0.05) is 11.6 Å². The van der Waals surface area contributed by atoms with E-state index in [2.05, 4.69) is 20.7 Å². The quantitative estimate of drug-likeness (QED) is 0.741. The van der Waals surface area contributed by atoms with Crippen LogP contribution in [0.25, 0.3) is 11.4 Å². The average Bonchev–Trinajstić information content (AvgIpc) is 3.43. The molecule has 5 rings (SSSR count). The van der Waals surface area contributed by atoms with E-state index in [1.165, 1.54) is 0 Å². The van der Waals surface area contributed by atoms with Crippen LogP contribution in [-0.4, -0.2) is 32.2 Å². The van der Waals surface area contributed by atoms with Gasteiger partial charge in [0.25, 0.3) is 5.91 Å². The molecule has 1 amide bonds. The van der Waals surface area contributed by atoms with E-state index in [-0.39, 0.29) is 18.0 Å². The van der Waals surface area contributed by atoms with E-state index in [4.69, 9.17) is 4.74 Å². The zero-order valence-corrected chi connectivity index (χ0v) is 16.1. The Labute approximate surface area is 169 Å². The monoisotopic (exact) mass is 389 g/mol. The predicted molar refractivity (Wildman–Crippen MR) is 107 cm³/mol. The third kappa shape index (κ3) is 3.65. The highest BCUT2D eigenvalue weighted by molar-refractivity contribution is 5.83. The maximum atomic E-state index is 12.7. The van der Waals surface area contributed by atoms with Gasteiger partial charge in [0.05, 0.1) is 12.6 Å². The fraction of sp³-hybridized carbons (Fsp3) is 0.364. The number of nitrogens with one attached hydrogen (secondary N) is 1. The molecule has 1 aliphatic heterocycles. The van der Waals surface area contributed by atoms with Gasteiger partial charge in [-0.25, -0.2) is 0 Å². The number of benzene rings is 2. The molecule has 1 saturated carbocycles. The van der Waals surface area contributed by atoms with E-state index in [9.17, 15) is 4.79 Å². The highest BCUT2D eigenvalue weighted by Crippen LogP contribution is 2.32. The van der Waals surface area contributed by atoms with Crippen LogP contribution >= 0.6 is 0 Å². The number of aromatic nitrogens is 4. The Balaban J connectivity index is 1.17. The molecule has 3 aromatic rings. The molecule has 1 aromatic heterocycles. The number of carbonyl (C=O) groups excluding carboxylic acids is 1. The summed E-state index contributed by atoms with van der Waals surface area (Å²) in [5.41, 5.74) is 3.05. The predicted octanol–water partition coefficient (Wildman–Crippen LogP) is 3.21. The highest BCUT2D eigenvalue weighted by atomic mass is 16.5. The summed E-state index contributed by atoms with van der Waals surface area (Å²) >= 11 is 0. The average molecular weight is 389 g/mol. The molecule has 2 aromatic carbocycles. The van der Waals surface area contributed by atoms with Crippen LogP contribution in [0.3, 0.4) is 0 Å². The number of hydrogen-bond donors (Lipinski definition) is 1. The number of rotatable bonds is 4. The van der Waals surface area contributed by atoms with Crippen LogP contribution in [0.4, 0.5) is 0 Å². The first-order chi connectivity index (χ1) is 14.3. The van der Waals surface area contributed by atoms with Crippen LogP contribution in [0, 0.1) is 0 Å². The minimum Gasteiger partial charge on any atom is -0.359 e. The van der Waals surface area contributed by atoms with E-state index < -0.39 is 6.10 Å². The second-order valence-electron chi connectivity index (χ2n) is 7.70. The molecule has 29 heavy (non-hydrogen) atoms. The summed E-state index contributed by atoms with van der Waals surface area (Å²) in [5, 5.41) is 16.2. The normalized spacial score (nSPS) is 23.5. The minimum atomic E-state index is -0.491. The Morgan fingerprint density at radius 3 is 2.59 bits per heavy atom. The third-order valence-electron chi connectivity index (χ3n) is 5.81.